The number of benzene rings is 1. The average molecular weight is 439 g/mol. The zero-order valence-corrected chi connectivity index (χ0v) is 19.8. The fourth-order valence-corrected chi connectivity index (χ4v) is 4.18. The largest absolute Gasteiger partial charge is 0.492 e. The van der Waals surface area contributed by atoms with E-state index >= 15 is 0 Å². The second-order valence-corrected chi connectivity index (χ2v) is 8.75. The molecule has 2 aromatic rings. The molecule has 3 rings (SSSR count). The molecule has 172 valence electrons. The van der Waals surface area contributed by atoms with Gasteiger partial charge in [0, 0.05) is 18.8 Å². The highest BCUT2D eigenvalue weighted by molar-refractivity contribution is 5.93. The number of rotatable bonds is 9. The summed E-state index contributed by atoms with van der Waals surface area (Å²) >= 11 is 0. The zero-order valence-electron chi connectivity index (χ0n) is 19.8. The maximum atomic E-state index is 12.8. The SMILES string of the molecule is Cc1cc(C)cc(OCCN(C)CC(=O)Nc2c(C#N)c(C)c(C)n2CC2CCCO2)c1. The highest BCUT2D eigenvalue weighted by Gasteiger charge is 2.24. The lowest BCUT2D eigenvalue weighted by atomic mass is 10.1. The maximum Gasteiger partial charge on any atom is 0.239 e. The van der Waals surface area contributed by atoms with Crippen LogP contribution < -0.4 is 10.1 Å². The number of ether oxygens (including phenoxy) is 2. The number of aryl methyl sites for hydroxylation is 2. The van der Waals surface area contributed by atoms with Crippen molar-refractivity contribution in [3.05, 3.63) is 46.1 Å². The molecular formula is C25H34N4O3. The van der Waals surface area contributed by atoms with E-state index in [2.05, 4.69) is 17.5 Å². The van der Waals surface area contributed by atoms with Crippen LogP contribution in [0.15, 0.2) is 18.2 Å². The number of hydrogen-bond donors (Lipinski definition) is 1. The van der Waals surface area contributed by atoms with E-state index in [-0.39, 0.29) is 18.6 Å². The van der Waals surface area contributed by atoms with Crippen LogP contribution in [0.3, 0.4) is 0 Å². The van der Waals surface area contributed by atoms with Gasteiger partial charge in [0.25, 0.3) is 0 Å². The predicted molar refractivity (Wildman–Crippen MR) is 125 cm³/mol. The number of carbonyl (C=O) groups excluding carboxylic acids is 1. The van der Waals surface area contributed by atoms with Gasteiger partial charge in [0.1, 0.15) is 24.2 Å². The molecule has 1 N–H and O–H groups in total. The fourth-order valence-electron chi connectivity index (χ4n) is 4.18. The molecule has 1 fully saturated rings. The number of aromatic nitrogens is 1. The van der Waals surface area contributed by atoms with Gasteiger partial charge in [-0.1, -0.05) is 6.07 Å². The molecule has 1 amide bonds. The Morgan fingerprint density at radius 3 is 2.62 bits per heavy atom. The van der Waals surface area contributed by atoms with Crippen molar-refractivity contribution in [1.82, 2.24) is 9.47 Å². The van der Waals surface area contributed by atoms with E-state index in [1.54, 1.807) is 0 Å². The van der Waals surface area contributed by atoms with E-state index in [1.165, 1.54) is 0 Å². The van der Waals surface area contributed by atoms with Crippen molar-refractivity contribution >= 4 is 11.7 Å². The molecule has 1 saturated heterocycles. The molecule has 1 aromatic heterocycles. The summed E-state index contributed by atoms with van der Waals surface area (Å²) in [6.07, 6.45) is 2.16. The van der Waals surface area contributed by atoms with Crippen LogP contribution >= 0.6 is 0 Å². The van der Waals surface area contributed by atoms with Gasteiger partial charge >= 0.3 is 0 Å². The molecule has 1 aromatic carbocycles. The molecule has 7 nitrogen and oxygen atoms in total. The standard InChI is InChI=1S/C25H34N4O3/c1-17-11-18(2)13-22(12-17)32-10-8-28(5)16-24(30)27-25-23(14-26)19(3)20(4)29(25)15-21-7-6-9-31-21/h11-13,21H,6-10,15-16H2,1-5H3,(H,27,30). The molecule has 32 heavy (non-hydrogen) atoms. The van der Waals surface area contributed by atoms with E-state index < -0.39 is 0 Å². The lowest BCUT2D eigenvalue weighted by molar-refractivity contribution is -0.117. The highest BCUT2D eigenvalue weighted by atomic mass is 16.5. The van der Waals surface area contributed by atoms with Crippen molar-refractivity contribution in [1.29, 1.82) is 5.26 Å². The van der Waals surface area contributed by atoms with Gasteiger partial charge in [-0.15, -0.1) is 0 Å². The molecular weight excluding hydrogens is 404 g/mol. The van der Waals surface area contributed by atoms with Gasteiger partial charge in [0.2, 0.25) is 5.91 Å². The number of carbonyl (C=O) groups is 1. The summed E-state index contributed by atoms with van der Waals surface area (Å²) < 4.78 is 13.6. The van der Waals surface area contributed by atoms with E-state index in [0.29, 0.717) is 31.1 Å². The van der Waals surface area contributed by atoms with Crippen molar-refractivity contribution < 1.29 is 14.3 Å². The molecule has 1 aliphatic heterocycles. The summed E-state index contributed by atoms with van der Waals surface area (Å²) in [6, 6.07) is 8.39. The fraction of sp³-hybridized carbons (Fsp3) is 0.520. The number of nitriles is 1. The number of likely N-dealkylation sites (N-methyl/N-ethyl adjacent to an activating group) is 1. The van der Waals surface area contributed by atoms with Gasteiger partial charge in [-0.3, -0.25) is 9.69 Å². The van der Waals surface area contributed by atoms with Gasteiger partial charge in [-0.25, -0.2) is 0 Å². The van der Waals surface area contributed by atoms with Crippen LogP contribution in [0.5, 0.6) is 5.75 Å². The Morgan fingerprint density at radius 2 is 2.00 bits per heavy atom. The Labute approximate surface area is 190 Å². The third kappa shape index (κ3) is 5.90. The quantitative estimate of drug-likeness (QED) is 0.645. The third-order valence-electron chi connectivity index (χ3n) is 5.96. The van der Waals surface area contributed by atoms with Crippen molar-refractivity contribution in [2.45, 2.75) is 53.2 Å². The summed E-state index contributed by atoms with van der Waals surface area (Å²) in [5.74, 6) is 1.27. The molecule has 7 heteroatoms. The Hall–Kier alpha value is -2.82. The Kier molecular flexibility index (Phi) is 7.94. The summed E-state index contributed by atoms with van der Waals surface area (Å²) in [4.78, 5) is 14.7. The molecule has 0 spiro atoms. The minimum Gasteiger partial charge on any atom is -0.492 e. The van der Waals surface area contributed by atoms with Crippen LogP contribution in [-0.2, 0) is 16.1 Å². The second kappa shape index (κ2) is 10.7. The lowest BCUT2D eigenvalue weighted by Crippen LogP contribution is -2.34. The molecule has 1 atom stereocenters. The van der Waals surface area contributed by atoms with Gasteiger partial charge in [-0.2, -0.15) is 5.26 Å². The first-order valence-corrected chi connectivity index (χ1v) is 11.2. The van der Waals surface area contributed by atoms with Gasteiger partial charge in [-0.05, 0) is 76.4 Å². The van der Waals surface area contributed by atoms with Crippen molar-refractivity contribution in [2.75, 3.05) is 38.7 Å². The molecule has 0 bridgehead atoms. The van der Waals surface area contributed by atoms with Gasteiger partial charge in [0.15, 0.2) is 0 Å². The van der Waals surface area contributed by atoms with Crippen molar-refractivity contribution in [3.63, 3.8) is 0 Å². The van der Waals surface area contributed by atoms with Crippen LogP contribution in [0, 0.1) is 39.0 Å². The van der Waals surface area contributed by atoms with Crippen molar-refractivity contribution in [2.24, 2.45) is 0 Å². The minimum atomic E-state index is -0.151. The van der Waals surface area contributed by atoms with Crippen LogP contribution in [-0.4, -0.2) is 54.8 Å². The third-order valence-corrected chi connectivity index (χ3v) is 5.96. The Morgan fingerprint density at radius 1 is 1.28 bits per heavy atom. The monoisotopic (exact) mass is 438 g/mol. The summed E-state index contributed by atoms with van der Waals surface area (Å²) in [7, 11) is 1.89. The van der Waals surface area contributed by atoms with Crippen molar-refractivity contribution in [3.8, 4) is 11.8 Å². The number of amides is 1. The summed E-state index contributed by atoms with van der Waals surface area (Å²) in [6.45, 7) is 10.7. The number of nitrogens with one attached hydrogen (secondary N) is 1. The van der Waals surface area contributed by atoms with Gasteiger partial charge in [0.05, 0.1) is 24.8 Å². The number of hydrogen-bond acceptors (Lipinski definition) is 5. The second-order valence-electron chi connectivity index (χ2n) is 8.75. The van der Waals surface area contributed by atoms with E-state index in [9.17, 15) is 10.1 Å². The Balaban J connectivity index is 1.58. The topological polar surface area (TPSA) is 79.5 Å². The highest BCUT2D eigenvalue weighted by Crippen LogP contribution is 2.28. The van der Waals surface area contributed by atoms with Crippen LogP contribution in [0.4, 0.5) is 5.82 Å². The first-order chi connectivity index (χ1) is 15.3. The average Bonchev–Trinajstić information content (AvgIpc) is 3.30. The van der Waals surface area contributed by atoms with Gasteiger partial charge < -0.3 is 19.4 Å². The van der Waals surface area contributed by atoms with E-state index in [1.807, 2.05) is 56.3 Å². The number of nitrogens with zero attached hydrogens (tertiary/aromatic N) is 3. The molecule has 0 saturated carbocycles. The first kappa shape index (κ1) is 23.8. The molecule has 1 unspecified atom stereocenters. The molecule has 2 heterocycles. The first-order valence-electron chi connectivity index (χ1n) is 11.2. The normalized spacial score (nSPS) is 15.7. The zero-order chi connectivity index (χ0) is 23.3. The Bertz CT molecular complexity index is 979. The van der Waals surface area contributed by atoms with Crippen LogP contribution in [0.25, 0.3) is 0 Å². The minimum absolute atomic E-state index is 0.118. The molecule has 1 aliphatic rings. The molecule has 0 radical (unpaired) electrons. The maximum absolute atomic E-state index is 12.8. The lowest BCUT2D eigenvalue weighted by Gasteiger charge is -2.19. The van der Waals surface area contributed by atoms with Crippen LogP contribution in [0.2, 0.25) is 0 Å². The van der Waals surface area contributed by atoms with E-state index in [4.69, 9.17) is 9.47 Å². The predicted octanol–water partition coefficient (Wildman–Crippen LogP) is 3.72. The van der Waals surface area contributed by atoms with Crippen LogP contribution in [0.1, 0.15) is 40.8 Å². The molecule has 0 aliphatic carbocycles. The summed E-state index contributed by atoms with van der Waals surface area (Å²) in [5.41, 5.74) is 4.74. The smallest absolute Gasteiger partial charge is 0.239 e. The number of anilines is 1. The summed E-state index contributed by atoms with van der Waals surface area (Å²) in [5, 5.41) is 12.7. The van der Waals surface area contributed by atoms with E-state index in [0.717, 1.165) is 47.6 Å².